The van der Waals surface area contributed by atoms with Crippen LogP contribution in [0.5, 0.6) is 0 Å². The Kier molecular flexibility index (Phi) is 4.41. The van der Waals surface area contributed by atoms with Crippen molar-refractivity contribution in [2.24, 2.45) is 7.05 Å². The van der Waals surface area contributed by atoms with E-state index in [1.165, 1.54) is 15.3 Å². The van der Waals surface area contributed by atoms with Gasteiger partial charge in [0.15, 0.2) is 0 Å². The zero-order valence-corrected chi connectivity index (χ0v) is 14.4. The molecule has 1 atom stereocenters. The van der Waals surface area contributed by atoms with Gasteiger partial charge in [-0.3, -0.25) is 13.9 Å². The lowest BCUT2D eigenvalue weighted by Gasteiger charge is -2.11. The maximum atomic E-state index is 12.3. The molecule has 1 unspecified atom stereocenters. The Bertz CT molecular complexity index is 1020. The minimum atomic E-state index is -1.05. The number of para-hydroxylation sites is 2. The first-order valence-electron chi connectivity index (χ1n) is 7.51. The molecule has 0 spiro atoms. The molecule has 0 aliphatic carbocycles. The number of aromatic nitrogens is 3. The zero-order valence-electron chi connectivity index (χ0n) is 13.6. The fourth-order valence-electron chi connectivity index (χ4n) is 2.60. The molecule has 0 saturated carbocycles. The van der Waals surface area contributed by atoms with Gasteiger partial charge < -0.3 is 10.4 Å². The molecule has 3 rings (SSSR count). The van der Waals surface area contributed by atoms with Gasteiger partial charge in [-0.1, -0.05) is 12.1 Å². The number of carbonyl (C=O) groups excluding carboxylic acids is 1. The molecule has 3 aromatic rings. The van der Waals surface area contributed by atoms with Crippen LogP contribution in [-0.2, 0) is 18.4 Å². The summed E-state index contributed by atoms with van der Waals surface area (Å²) in [6.07, 6.45) is 1.26. The van der Waals surface area contributed by atoms with Gasteiger partial charge in [-0.2, -0.15) is 0 Å². The largest absolute Gasteiger partial charge is 0.477 e. The molecule has 0 aliphatic heterocycles. The van der Waals surface area contributed by atoms with Gasteiger partial charge in [-0.05, 0) is 19.1 Å². The first-order valence-corrected chi connectivity index (χ1v) is 8.32. The van der Waals surface area contributed by atoms with Crippen LogP contribution >= 0.6 is 11.3 Å². The van der Waals surface area contributed by atoms with Gasteiger partial charge in [0.2, 0.25) is 5.91 Å². The van der Waals surface area contributed by atoms with Crippen molar-refractivity contribution in [1.29, 1.82) is 0 Å². The van der Waals surface area contributed by atoms with E-state index in [2.05, 4.69) is 10.3 Å². The fraction of sp³-hybridized carbons (Fsp3) is 0.250. The van der Waals surface area contributed by atoms with Crippen LogP contribution in [0.3, 0.4) is 0 Å². The molecule has 2 aromatic heterocycles. The molecular weight excluding hydrogens is 344 g/mol. The number of carbonyl (C=O) groups is 2. The first kappa shape index (κ1) is 16.9. The van der Waals surface area contributed by atoms with Gasteiger partial charge in [0.05, 0.1) is 23.3 Å². The lowest BCUT2D eigenvalue weighted by atomic mass is 10.3. The van der Waals surface area contributed by atoms with E-state index in [1.807, 2.05) is 18.2 Å². The number of fused-ring (bicyclic) bond motifs is 1. The number of imidazole rings is 1. The van der Waals surface area contributed by atoms with E-state index >= 15 is 0 Å². The Morgan fingerprint density at radius 1 is 1.32 bits per heavy atom. The number of nitrogens with zero attached hydrogens (tertiary/aromatic N) is 3. The maximum Gasteiger partial charge on any atom is 0.347 e. The van der Waals surface area contributed by atoms with Gasteiger partial charge >= 0.3 is 11.7 Å². The minimum absolute atomic E-state index is 0.112. The molecule has 2 heterocycles. The average molecular weight is 360 g/mol. The van der Waals surface area contributed by atoms with Crippen LogP contribution < -0.4 is 11.0 Å². The zero-order chi connectivity index (χ0) is 18.1. The molecule has 0 fully saturated rings. The van der Waals surface area contributed by atoms with Crippen LogP contribution in [0.25, 0.3) is 11.0 Å². The molecule has 0 bridgehead atoms. The van der Waals surface area contributed by atoms with Crippen LogP contribution in [0.15, 0.2) is 35.3 Å². The van der Waals surface area contributed by atoms with E-state index in [0.717, 1.165) is 16.9 Å². The third-order valence-electron chi connectivity index (χ3n) is 3.84. The summed E-state index contributed by atoms with van der Waals surface area (Å²) >= 11 is 1.01. The summed E-state index contributed by atoms with van der Waals surface area (Å²) in [5, 5.41) is 12.2. The summed E-state index contributed by atoms with van der Waals surface area (Å²) in [5.41, 5.74) is 1.16. The maximum absolute atomic E-state index is 12.3. The average Bonchev–Trinajstić information content (AvgIpc) is 3.16. The lowest BCUT2D eigenvalue weighted by Crippen LogP contribution is -2.34. The monoisotopic (exact) mass is 360 g/mol. The highest BCUT2D eigenvalue weighted by atomic mass is 32.1. The summed E-state index contributed by atoms with van der Waals surface area (Å²) < 4.78 is 2.90. The smallest absolute Gasteiger partial charge is 0.347 e. The molecule has 2 N–H and O–H groups in total. The molecule has 0 saturated heterocycles. The summed E-state index contributed by atoms with van der Waals surface area (Å²) in [6.45, 7) is 1.59. The summed E-state index contributed by atoms with van der Waals surface area (Å²) in [6, 6.07) is 6.79. The minimum Gasteiger partial charge on any atom is -0.477 e. The summed E-state index contributed by atoms with van der Waals surface area (Å²) in [7, 11) is 1.66. The van der Waals surface area contributed by atoms with Crippen molar-refractivity contribution < 1.29 is 14.7 Å². The van der Waals surface area contributed by atoms with Crippen molar-refractivity contribution in [3.05, 3.63) is 50.8 Å². The van der Waals surface area contributed by atoms with E-state index in [9.17, 15) is 14.4 Å². The van der Waals surface area contributed by atoms with E-state index in [4.69, 9.17) is 5.11 Å². The normalized spacial score (nSPS) is 12.2. The topological polar surface area (TPSA) is 106 Å². The predicted molar refractivity (Wildman–Crippen MR) is 92.8 cm³/mol. The van der Waals surface area contributed by atoms with Crippen LogP contribution in [0.4, 0.5) is 0 Å². The standard InChI is InChI=1S/C16H16N4O4S/c1-9(14-17-7-12(25-14)15(22)23)18-13(21)8-20-11-6-4-3-5-10(11)19(2)16(20)24/h3-7,9H,8H2,1-2H3,(H,18,21)(H,22,23). The van der Waals surface area contributed by atoms with E-state index in [-0.39, 0.29) is 23.0 Å². The van der Waals surface area contributed by atoms with Crippen LogP contribution in [-0.4, -0.2) is 31.1 Å². The highest BCUT2D eigenvalue weighted by Gasteiger charge is 2.18. The van der Waals surface area contributed by atoms with Crippen molar-refractivity contribution in [2.75, 3.05) is 0 Å². The number of aryl methyl sites for hydroxylation is 1. The third kappa shape index (κ3) is 3.18. The van der Waals surface area contributed by atoms with E-state index < -0.39 is 12.0 Å². The molecule has 9 heteroatoms. The van der Waals surface area contributed by atoms with Crippen molar-refractivity contribution in [3.8, 4) is 0 Å². The Hall–Kier alpha value is -2.94. The third-order valence-corrected chi connectivity index (χ3v) is 5.00. The van der Waals surface area contributed by atoms with Crippen molar-refractivity contribution in [3.63, 3.8) is 0 Å². The SMILES string of the molecule is CC(NC(=O)Cn1c(=O)n(C)c2ccccc21)c1ncc(C(=O)O)s1. The van der Waals surface area contributed by atoms with Gasteiger partial charge in [-0.25, -0.2) is 14.6 Å². The number of hydrogen-bond acceptors (Lipinski definition) is 5. The van der Waals surface area contributed by atoms with Gasteiger partial charge in [0.1, 0.15) is 16.4 Å². The van der Waals surface area contributed by atoms with Crippen LogP contribution in [0.2, 0.25) is 0 Å². The number of hydrogen-bond donors (Lipinski definition) is 2. The second-order valence-corrected chi connectivity index (χ2v) is 6.64. The van der Waals surface area contributed by atoms with E-state index in [0.29, 0.717) is 10.5 Å². The lowest BCUT2D eigenvalue weighted by molar-refractivity contribution is -0.122. The fourth-order valence-corrected chi connectivity index (χ4v) is 3.35. The number of nitrogens with one attached hydrogen (secondary N) is 1. The van der Waals surface area contributed by atoms with Gasteiger partial charge in [0.25, 0.3) is 0 Å². The molecule has 25 heavy (non-hydrogen) atoms. The highest BCUT2D eigenvalue weighted by Crippen LogP contribution is 2.20. The van der Waals surface area contributed by atoms with Gasteiger partial charge in [0, 0.05) is 7.05 Å². The predicted octanol–water partition coefficient (Wildman–Crippen LogP) is 1.37. The number of benzene rings is 1. The quantitative estimate of drug-likeness (QED) is 0.715. The molecule has 130 valence electrons. The number of carboxylic acid groups (broad SMARTS) is 1. The van der Waals surface area contributed by atoms with E-state index in [1.54, 1.807) is 20.0 Å². The summed E-state index contributed by atoms with van der Waals surface area (Å²) in [4.78, 5) is 39.7. The molecule has 1 aromatic carbocycles. The molecule has 8 nitrogen and oxygen atoms in total. The number of thiazole rings is 1. The number of rotatable bonds is 5. The Labute approximate surface area is 146 Å². The Morgan fingerprint density at radius 2 is 2.00 bits per heavy atom. The van der Waals surface area contributed by atoms with Gasteiger partial charge in [-0.15, -0.1) is 11.3 Å². The number of amides is 1. The molecule has 0 aliphatic rings. The Morgan fingerprint density at radius 3 is 2.64 bits per heavy atom. The number of aromatic carboxylic acids is 1. The van der Waals surface area contributed by atoms with Crippen molar-refractivity contribution in [1.82, 2.24) is 19.4 Å². The van der Waals surface area contributed by atoms with Crippen molar-refractivity contribution in [2.45, 2.75) is 19.5 Å². The highest BCUT2D eigenvalue weighted by molar-refractivity contribution is 7.13. The second kappa shape index (κ2) is 6.52. The molecular formula is C16H16N4O4S. The Balaban J connectivity index is 1.78. The molecule has 1 amide bonds. The summed E-state index contributed by atoms with van der Waals surface area (Å²) in [5.74, 6) is -1.40. The number of carboxylic acids is 1. The van der Waals surface area contributed by atoms with Crippen molar-refractivity contribution >= 4 is 34.2 Å². The van der Waals surface area contributed by atoms with Crippen LogP contribution in [0.1, 0.15) is 27.6 Å². The first-order chi connectivity index (χ1) is 11.9. The second-order valence-electron chi connectivity index (χ2n) is 5.57. The molecule has 0 radical (unpaired) electrons. The van der Waals surface area contributed by atoms with Crippen LogP contribution in [0, 0.1) is 0 Å².